The zero-order chi connectivity index (χ0) is 14.6. The number of nitrogens with zero attached hydrogens (tertiary/aromatic N) is 2. The normalized spacial score (nSPS) is 10.7. The molecular weight excluding hydrogens is 278 g/mol. The van der Waals surface area contributed by atoms with E-state index in [4.69, 9.17) is 5.11 Å². The van der Waals surface area contributed by atoms with E-state index in [-0.39, 0.29) is 11.5 Å². The van der Waals surface area contributed by atoms with Gasteiger partial charge in [0.2, 0.25) is 0 Å². The zero-order valence-corrected chi connectivity index (χ0v) is 11.6. The SMILES string of the molecule is Cn1nccc1NS(=O)(=O)c1cccc(C#CCO)c1. The fourth-order valence-electron chi connectivity index (χ4n) is 1.55. The fourth-order valence-corrected chi connectivity index (χ4v) is 2.69. The summed E-state index contributed by atoms with van der Waals surface area (Å²) in [7, 11) is -2.05. The van der Waals surface area contributed by atoms with Crippen LogP contribution < -0.4 is 4.72 Å². The summed E-state index contributed by atoms with van der Waals surface area (Å²) >= 11 is 0. The summed E-state index contributed by atoms with van der Waals surface area (Å²) in [5.74, 6) is 5.51. The molecule has 0 aliphatic carbocycles. The van der Waals surface area contributed by atoms with E-state index < -0.39 is 10.0 Å². The lowest BCUT2D eigenvalue weighted by molar-refractivity contribution is 0.350. The predicted molar refractivity (Wildman–Crippen MR) is 74.4 cm³/mol. The molecule has 0 amide bonds. The highest BCUT2D eigenvalue weighted by Gasteiger charge is 2.15. The van der Waals surface area contributed by atoms with Crippen LogP contribution in [0.1, 0.15) is 5.56 Å². The van der Waals surface area contributed by atoms with Gasteiger partial charge in [0.25, 0.3) is 10.0 Å². The van der Waals surface area contributed by atoms with Gasteiger partial charge in [-0.3, -0.25) is 9.40 Å². The summed E-state index contributed by atoms with van der Waals surface area (Å²) in [5, 5.41) is 12.5. The van der Waals surface area contributed by atoms with Gasteiger partial charge < -0.3 is 5.11 Å². The Morgan fingerprint density at radius 2 is 2.20 bits per heavy atom. The van der Waals surface area contributed by atoms with Crippen LogP contribution in [0.4, 0.5) is 5.82 Å². The number of anilines is 1. The van der Waals surface area contributed by atoms with Gasteiger partial charge in [-0.1, -0.05) is 17.9 Å². The molecule has 0 radical (unpaired) electrons. The van der Waals surface area contributed by atoms with Gasteiger partial charge in [-0.15, -0.1) is 0 Å². The first-order chi connectivity index (χ1) is 9.53. The van der Waals surface area contributed by atoms with Crippen molar-refractivity contribution in [3.63, 3.8) is 0 Å². The second-order valence-corrected chi connectivity index (χ2v) is 5.62. The Balaban J connectivity index is 2.32. The van der Waals surface area contributed by atoms with Gasteiger partial charge in [-0.05, 0) is 18.2 Å². The number of benzene rings is 1. The minimum atomic E-state index is -3.69. The third-order valence-corrected chi connectivity index (χ3v) is 3.87. The molecule has 0 saturated heterocycles. The van der Waals surface area contributed by atoms with Crippen LogP contribution in [0, 0.1) is 11.8 Å². The highest BCUT2D eigenvalue weighted by molar-refractivity contribution is 7.92. The molecule has 1 heterocycles. The van der Waals surface area contributed by atoms with Crippen LogP contribution in [-0.2, 0) is 17.1 Å². The number of hydrogen-bond donors (Lipinski definition) is 2. The maximum absolute atomic E-state index is 12.2. The van der Waals surface area contributed by atoms with E-state index in [1.807, 2.05) is 0 Å². The van der Waals surface area contributed by atoms with E-state index in [2.05, 4.69) is 21.7 Å². The molecule has 2 aromatic rings. The quantitative estimate of drug-likeness (QED) is 0.810. The van der Waals surface area contributed by atoms with Gasteiger partial charge in [0, 0.05) is 18.7 Å². The molecule has 104 valence electrons. The van der Waals surface area contributed by atoms with Gasteiger partial charge in [-0.2, -0.15) is 5.10 Å². The smallest absolute Gasteiger partial charge is 0.263 e. The average Bonchev–Trinajstić information content (AvgIpc) is 2.82. The summed E-state index contributed by atoms with van der Waals surface area (Å²) in [6, 6.07) is 7.75. The molecule has 1 aromatic carbocycles. The first kappa shape index (κ1) is 14.1. The van der Waals surface area contributed by atoms with E-state index in [0.29, 0.717) is 11.4 Å². The Bertz CT molecular complexity index is 769. The van der Waals surface area contributed by atoms with Crippen molar-refractivity contribution in [2.75, 3.05) is 11.3 Å². The number of hydrogen-bond acceptors (Lipinski definition) is 4. The maximum Gasteiger partial charge on any atom is 0.263 e. The molecule has 2 N–H and O–H groups in total. The number of aromatic nitrogens is 2. The molecule has 0 spiro atoms. The van der Waals surface area contributed by atoms with Crippen molar-refractivity contribution in [3.8, 4) is 11.8 Å². The lowest BCUT2D eigenvalue weighted by Crippen LogP contribution is -2.15. The van der Waals surface area contributed by atoms with E-state index >= 15 is 0 Å². The number of sulfonamides is 1. The first-order valence-corrected chi connectivity index (χ1v) is 7.22. The highest BCUT2D eigenvalue weighted by atomic mass is 32.2. The number of rotatable bonds is 3. The van der Waals surface area contributed by atoms with Crippen molar-refractivity contribution in [2.24, 2.45) is 7.05 Å². The standard InChI is InChI=1S/C13H13N3O3S/c1-16-13(7-8-14-16)15-20(18,19)12-6-2-4-11(10-12)5-3-9-17/h2,4,6-8,10,15,17H,9H2,1H3. The lowest BCUT2D eigenvalue weighted by atomic mass is 10.2. The summed E-state index contributed by atoms with van der Waals surface area (Å²) < 4.78 is 28.3. The van der Waals surface area contributed by atoms with E-state index in [9.17, 15) is 8.42 Å². The molecule has 20 heavy (non-hydrogen) atoms. The largest absolute Gasteiger partial charge is 0.384 e. The molecule has 0 atom stereocenters. The second-order valence-electron chi connectivity index (χ2n) is 3.93. The first-order valence-electron chi connectivity index (χ1n) is 5.73. The van der Waals surface area contributed by atoms with Gasteiger partial charge in [0.15, 0.2) is 0 Å². The molecule has 0 bridgehead atoms. The number of nitrogens with one attached hydrogen (secondary N) is 1. The second kappa shape index (κ2) is 5.77. The fraction of sp³-hybridized carbons (Fsp3) is 0.154. The molecule has 7 heteroatoms. The number of aliphatic hydroxyl groups is 1. The summed E-state index contributed by atoms with van der Waals surface area (Å²) in [6.07, 6.45) is 1.50. The van der Waals surface area contributed by atoms with Crippen molar-refractivity contribution in [2.45, 2.75) is 4.90 Å². The molecule has 2 rings (SSSR count). The van der Waals surface area contributed by atoms with E-state index in [1.165, 1.54) is 23.0 Å². The van der Waals surface area contributed by atoms with Crippen LogP contribution in [0.5, 0.6) is 0 Å². The van der Waals surface area contributed by atoms with Crippen LogP contribution in [-0.4, -0.2) is 29.9 Å². The van der Waals surface area contributed by atoms with Crippen LogP contribution in [0.15, 0.2) is 41.4 Å². The Hall–Kier alpha value is -2.30. The van der Waals surface area contributed by atoms with Crippen molar-refractivity contribution in [1.29, 1.82) is 0 Å². The third kappa shape index (κ3) is 3.17. The monoisotopic (exact) mass is 291 g/mol. The Labute approximate surface area is 117 Å². The molecule has 0 aliphatic rings. The molecule has 0 unspecified atom stereocenters. The van der Waals surface area contributed by atoms with Crippen molar-refractivity contribution < 1.29 is 13.5 Å². The summed E-state index contributed by atoms with van der Waals surface area (Å²) in [5.41, 5.74) is 0.520. The van der Waals surface area contributed by atoms with Crippen molar-refractivity contribution in [3.05, 3.63) is 42.1 Å². The Morgan fingerprint density at radius 3 is 2.85 bits per heavy atom. The van der Waals surface area contributed by atoms with Gasteiger partial charge in [-0.25, -0.2) is 8.42 Å². The molecule has 1 aromatic heterocycles. The maximum atomic E-state index is 12.2. The van der Waals surface area contributed by atoms with Gasteiger partial charge in [0.05, 0.1) is 11.1 Å². The van der Waals surface area contributed by atoms with Gasteiger partial charge >= 0.3 is 0 Å². The number of aliphatic hydroxyl groups excluding tert-OH is 1. The summed E-state index contributed by atoms with van der Waals surface area (Å²) in [4.78, 5) is 0.100. The lowest BCUT2D eigenvalue weighted by Gasteiger charge is -2.08. The molecular formula is C13H13N3O3S. The molecule has 0 fully saturated rings. The molecule has 0 saturated carbocycles. The predicted octanol–water partition coefficient (Wildman–Crippen LogP) is 0.565. The minimum absolute atomic E-state index is 0.100. The van der Waals surface area contributed by atoms with Crippen LogP contribution >= 0.6 is 0 Å². The molecule has 6 nitrogen and oxygen atoms in total. The Morgan fingerprint density at radius 1 is 1.40 bits per heavy atom. The number of aryl methyl sites for hydroxylation is 1. The highest BCUT2D eigenvalue weighted by Crippen LogP contribution is 2.16. The topological polar surface area (TPSA) is 84.2 Å². The van der Waals surface area contributed by atoms with Crippen LogP contribution in [0.25, 0.3) is 0 Å². The van der Waals surface area contributed by atoms with Gasteiger partial charge in [0.1, 0.15) is 12.4 Å². The van der Waals surface area contributed by atoms with Crippen LogP contribution in [0.3, 0.4) is 0 Å². The minimum Gasteiger partial charge on any atom is -0.384 e. The summed E-state index contributed by atoms with van der Waals surface area (Å²) in [6.45, 7) is -0.274. The molecule has 0 aliphatic heterocycles. The van der Waals surface area contributed by atoms with Crippen molar-refractivity contribution in [1.82, 2.24) is 9.78 Å². The van der Waals surface area contributed by atoms with Crippen LogP contribution in [0.2, 0.25) is 0 Å². The zero-order valence-electron chi connectivity index (χ0n) is 10.7. The average molecular weight is 291 g/mol. The van der Waals surface area contributed by atoms with E-state index in [1.54, 1.807) is 25.2 Å². The van der Waals surface area contributed by atoms with E-state index in [0.717, 1.165) is 0 Å². The Kier molecular flexibility index (Phi) is 4.08. The van der Waals surface area contributed by atoms with Crippen molar-refractivity contribution >= 4 is 15.8 Å². The third-order valence-electron chi connectivity index (χ3n) is 2.52.